The van der Waals surface area contributed by atoms with Gasteiger partial charge in [-0.25, -0.2) is 0 Å². The van der Waals surface area contributed by atoms with E-state index in [1.165, 1.54) is 11.3 Å². The molecule has 0 saturated carbocycles. The van der Waals surface area contributed by atoms with Crippen LogP contribution in [0.25, 0.3) is 0 Å². The van der Waals surface area contributed by atoms with Gasteiger partial charge in [-0.05, 0) is 33.6 Å². The molecule has 0 amide bonds. The lowest BCUT2D eigenvalue weighted by Crippen LogP contribution is -2.25. The van der Waals surface area contributed by atoms with Gasteiger partial charge in [0.05, 0.1) is 5.02 Å². The molecule has 14 heavy (non-hydrogen) atoms. The maximum absolute atomic E-state index is 6.10. The Hall–Kier alpha value is -0.210. The second kappa shape index (κ2) is 3.14. The Morgan fingerprint density at radius 2 is 2.07 bits per heavy atom. The third kappa shape index (κ3) is 1.36. The molecule has 0 spiro atoms. The molecular weight excluding hydrogens is 261 g/mol. The molecule has 2 rings (SSSR count). The molecule has 3 heteroatoms. The van der Waals surface area contributed by atoms with Crippen molar-refractivity contribution in [2.45, 2.75) is 19.3 Å². The van der Waals surface area contributed by atoms with Gasteiger partial charge in [0, 0.05) is 29.2 Å². The summed E-state index contributed by atoms with van der Waals surface area (Å²) in [5, 5.41) is 0.798. The molecule has 0 unspecified atom stereocenters. The predicted molar refractivity (Wildman–Crippen MR) is 65.4 cm³/mol. The lowest BCUT2D eigenvalue weighted by molar-refractivity contribution is 0.561. The van der Waals surface area contributed by atoms with E-state index < -0.39 is 0 Å². The number of likely N-dealkylation sites (N-methyl/N-ethyl adjacent to an activating group) is 1. The summed E-state index contributed by atoms with van der Waals surface area (Å²) >= 11 is 9.68. The molecule has 0 radical (unpaired) electrons. The van der Waals surface area contributed by atoms with Crippen molar-refractivity contribution in [1.82, 2.24) is 0 Å². The van der Waals surface area contributed by atoms with Gasteiger partial charge in [0.15, 0.2) is 0 Å². The molecule has 0 aromatic heterocycles. The minimum atomic E-state index is 0.174. The van der Waals surface area contributed by atoms with Gasteiger partial charge in [-0.2, -0.15) is 0 Å². The molecule has 76 valence electrons. The fraction of sp³-hybridized carbons (Fsp3) is 0.455. The van der Waals surface area contributed by atoms with Crippen LogP contribution in [0.4, 0.5) is 5.69 Å². The van der Waals surface area contributed by atoms with Crippen molar-refractivity contribution < 1.29 is 0 Å². The molecular formula is C11H13BrClN. The monoisotopic (exact) mass is 273 g/mol. The average Bonchev–Trinajstić information content (AvgIpc) is 2.29. The zero-order valence-corrected chi connectivity index (χ0v) is 10.9. The molecule has 1 aliphatic heterocycles. The smallest absolute Gasteiger partial charge is 0.0552 e. The van der Waals surface area contributed by atoms with Gasteiger partial charge in [0.1, 0.15) is 0 Å². The molecule has 1 nitrogen and oxygen atoms in total. The van der Waals surface area contributed by atoms with Gasteiger partial charge in [-0.1, -0.05) is 25.4 Å². The van der Waals surface area contributed by atoms with E-state index in [9.17, 15) is 0 Å². The van der Waals surface area contributed by atoms with Crippen molar-refractivity contribution in [3.05, 3.63) is 27.2 Å². The van der Waals surface area contributed by atoms with Crippen LogP contribution < -0.4 is 4.90 Å². The summed E-state index contributed by atoms with van der Waals surface area (Å²) in [6.07, 6.45) is 0. The SMILES string of the molecule is CN1CC(C)(C)c2c1ccc(Cl)c2Br. The Morgan fingerprint density at radius 1 is 1.43 bits per heavy atom. The zero-order chi connectivity index (χ0) is 10.5. The summed E-state index contributed by atoms with van der Waals surface area (Å²) in [6.45, 7) is 5.54. The van der Waals surface area contributed by atoms with Crippen molar-refractivity contribution in [3.8, 4) is 0 Å². The van der Waals surface area contributed by atoms with Crippen molar-refractivity contribution in [2.75, 3.05) is 18.5 Å². The van der Waals surface area contributed by atoms with Crippen molar-refractivity contribution in [1.29, 1.82) is 0 Å². The van der Waals surface area contributed by atoms with E-state index in [0.29, 0.717) is 0 Å². The lowest BCUT2D eigenvalue weighted by Gasteiger charge is -2.19. The third-order valence-corrected chi connectivity index (χ3v) is 4.16. The number of halogens is 2. The summed E-state index contributed by atoms with van der Waals surface area (Å²) in [7, 11) is 2.12. The zero-order valence-electron chi connectivity index (χ0n) is 8.56. The normalized spacial score (nSPS) is 18.5. The largest absolute Gasteiger partial charge is 0.373 e. The number of benzene rings is 1. The van der Waals surface area contributed by atoms with E-state index in [-0.39, 0.29) is 5.41 Å². The number of anilines is 1. The summed E-state index contributed by atoms with van der Waals surface area (Å²) in [4.78, 5) is 2.27. The molecule has 0 atom stereocenters. The first kappa shape index (κ1) is 10.3. The number of rotatable bonds is 0. The molecule has 0 N–H and O–H groups in total. The van der Waals surface area contributed by atoms with Crippen LogP contribution in [0.2, 0.25) is 5.02 Å². The first-order chi connectivity index (χ1) is 6.43. The van der Waals surface area contributed by atoms with Crippen LogP contribution in [0.1, 0.15) is 19.4 Å². The van der Waals surface area contributed by atoms with Gasteiger partial charge in [-0.15, -0.1) is 0 Å². The first-order valence-electron chi connectivity index (χ1n) is 4.63. The Bertz CT molecular complexity index is 387. The van der Waals surface area contributed by atoms with Gasteiger partial charge in [0.25, 0.3) is 0 Å². The quantitative estimate of drug-likeness (QED) is 0.695. The van der Waals surface area contributed by atoms with E-state index >= 15 is 0 Å². The summed E-state index contributed by atoms with van der Waals surface area (Å²) in [6, 6.07) is 4.04. The molecule has 1 aliphatic rings. The third-order valence-electron chi connectivity index (χ3n) is 2.79. The van der Waals surface area contributed by atoms with E-state index in [1.807, 2.05) is 6.07 Å². The summed E-state index contributed by atoms with van der Waals surface area (Å²) < 4.78 is 1.05. The van der Waals surface area contributed by atoms with Crippen molar-refractivity contribution >= 4 is 33.2 Å². The van der Waals surface area contributed by atoms with Gasteiger partial charge in [-0.3, -0.25) is 0 Å². The number of hydrogen-bond acceptors (Lipinski definition) is 1. The predicted octanol–water partition coefficient (Wildman–Crippen LogP) is 3.83. The average molecular weight is 275 g/mol. The highest BCUT2D eigenvalue weighted by Gasteiger charge is 2.35. The number of hydrogen-bond donors (Lipinski definition) is 0. The highest BCUT2D eigenvalue weighted by Crippen LogP contribution is 2.46. The van der Waals surface area contributed by atoms with E-state index in [2.05, 4.69) is 47.8 Å². The number of fused-ring (bicyclic) bond motifs is 1. The van der Waals surface area contributed by atoms with Crippen LogP contribution in [0.3, 0.4) is 0 Å². The molecule has 1 aromatic carbocycles. The first-order valence-corrected chi connectivity index (χ1v) is 5.80. The Kier molecular flexibility index (Phi) is 2.31. The fourth-order valence-electron chi connectivity index (χ4n) is 2.26. The summed E-state index contributed by atoms with van der Waals surface area (Å²) in [5.74, 6) is 0. The maximum Gasteiger partial charge on any atom is 0.0552 e. The van der Waals surface area contributed by atoms with Gasteiger partial charge < -0.3 is 4.90 Å². The van der Waals surface area contributed by atoms with E-state index in [1.54, 1.807) is 0 Å². The Morgan fingerprint density at radius 3 is 2.71 bits per heavy atom. The molecule has 0 bridgehead atoms. The van der Waals surface area contributed by atoms with E-state index in [0.717, 1.165) is 16.0 Å². The Labute approximate surface area is 98.2 Å². The van der Waals surface area contributed by atoms with Crippen LogP contribution in [-0.4, -0.2) is 13.6 Å². The summed E-state index contributed by atoms with van der Waals surface area (Å²) in [5.41, 5.74) is 2.78. The van der Waals surface area contributed by atoms with Crippen LogP contribution >= 0.6 is 27.5 Å². The minimum absolute atomic E-state index is 0.174. The standard InChI is InChI=1S/C11H13BrClN/c1-11(2)6-14(3)8-5-4-7(13)10(12)9(8)11/h4-5H,6H2,1-3H3. The second-order valence-electron chi connectivity index (χ2n) is 4.50. The molecule has 1 heterocycles. The van der Waals surface area contributed by atoms with Crippen LogP contribution in [0.5, 0.6) is 0 Å². The second-order valence-corrected chi connectivity index (χ2v) is 5.70. The number of nitrogens with zero attached hydrogens (tertiary/aromatic N) is 1. The molecule has 1 aromatic rings. The highest BCUT2D eigenvalue weighted by atomic mass is 79.9. The lowest BCUT2D eigenvalue weighted by atomic mass is 9.87. The van der Waals surface area contributed by atoms with Crippen LogP contribution in [0.15, 0.2) is 16.6 Å². The van der Waals surface area contributed by atoms with Crippen molar-refractivity contribution in [2.24, 2.45) is 0 Å². The van der Waals surface area contributed by atoms with Gasteiger partial charge in [0.2, 0.25) is 0 Å². The van der Waals surface area contributed by atoms with Crippen LogP contribution in [0, 0.1) is 0 Å². The molecule has 0 fully saturated rings. The molecule has 0 aliphatic carbocycles. The topological polar surface area (TPSA) is 3.24 Å². The minimum Gasteiger partial charge on any atom is -0.373 e. The van der Waals surface area contributed by atoms with Gasteiger partial charge >= 0.3 is 0 Å². The highest BCUT2D eigenvalue weighted by molar-refractivity contribution is 9.10. The Balaban J connectivity index is 2.70. The fourth-order valence-corrected chi connectivity index (χ4v) is 3.29. The molecule has 0 saturated heterocycles. The van der Waals surface area contributed by atoms with Crippen LogP contribution in [-0.2, 0) is 5.41 Å². The van der Waals surface area contributed by atoms with E-state index in [4.69, 9.17) is 11.6 Å². The maximum atomic E-state index is 6.10. The van der Waals surface area contributed by atoms with Crippen molar-refractivity contribution in [3.63, 3.8) is 0 Å².